The average Bonchev–Trinajstić information content (AvgIpc) is 2.98. The molecule has 0 radical (unpaired) electrons. The molecule has 3 rings (SSSR count). The molecule has 6 heteroatoms. The van der Waals surface area contributed by atoms with E-state index in [1.54, 1.807) is 4.68 Å². The topological polar surface area (TPSA) is 61.6 Å². The smallest absolute Gasteiger partial charge is 0.338 e. The normalized spacial score (nSPS) is 16.1. The lowest BCUT2D eigenvalue weighted by Gasteiger charge is -2.34. The SMILES string of the molecule is CN1CCN(c2ccc(-n3cc(C(=O)O)cn3)cc2)CC1. The number of benzene rings is 1. The molecule has 6 nitrogen and oxygen atoms in total. The van der Waals surface area contributed by atoms with Crippen molar-refractivity contribution in [1.82, 2.24) is 14.7 Å². The Hall–Kier alpha value is -2.34. The minimum atomic E-state index is -0.963. The maximum Gasteiger partial charge on any atom is 0.338 e. The van der Waals surface area contributed by atoms with Crippen molar-refractivity contribution in [3.05, 3.63) is 42.2 Å². The van der Waals surface area contributed by atoms with Crippen molar-refractivity contribution in [2.24, 2.45) is 0 Å². The molecule has 110 valence electrons. The number of aromatic carboxylic acids is 1. The summed E-state index contributed by atoms with van der Waals surface area (Å²) in [5.74, 6) is -0.963. The van der Waals surface area contributed by atoms with Gasteiger partial charge in [0, 0.05) is 38.1 Å². The van der Waals surface area contributed by atoms with Gasteiger partial charge < -0.3 is 14.9 Å². The van der Waals surface area contributed by atoms with Crippen molar-refractivity contribution in [3.8, 4) is 5.69 Å². The molecule has 0 atom stereocenters. The molecule has 1 aliphatic heterocycles. The molecule has 2 aromatic rings. The second-order valence-electron chi connectivity index (χ2n) is 5.29. The molecule has 0 aliphatic carbocycles. The maximum atomic E-state index is 10.9. The van der Waals surface area contributed by atoms with Gasteiger partial charge in [-0.25, -0.2) is 9.48 Å². The molecule has 1 aliphatic rings. The third-order valence-electron chi connectivity index (χ3n) is 3.81. The van der Waals surface area contributed by atoms with E-state index < -0.39 is 5.97 Å². The number of hydrogen-bond donors (Lipinski definition) is 1. The summed E-state index contributed by atoms with van der Waals surface area (Å²) in [6.07, 6.45) is 2.88. The van der Waals surface area contributed by atoms with E-state index in [4.69, 9.17) is 5.11 Å². The highest BCUT2D eigenvalue weighted by Crippen LogP contribution is 2.18. The van der Waals surface area contributed by atoms with Crippen LogP contribution >= 0.6 is 0 Å². The minimum absolute atomic E-state index is 0.193. The van der Waals surface area contributed by atoms with Gasteiger partial charge in [-0.3, -0.25) is 0 Å². The van der Waals surface area contributed by atoms with Crippen molar-refractivity contribution in [1.29, 1.82) is 0 Å². The molecular formula is C15H18N4O2. The first-order chi connectivity index (χ1) is 10.1. The Morgan fingerprint density at radius 1 is 1.10 bits per heavy atom. The molecule has 21 heavy (non-hydrogen) atoms. The van der Waals surface area contributed by atoms with Gasteiger partial charge in [-0.15, -0.1) is 0 Å². The quantitative estimate of drug-likeness (QED) is 0.922. The van der Waals surface area contributed by atoms with Crippen LogP contribution in [0.2, 0.25) is 0 Å². The molecule has 0 unspecified atom stereocenters. The number of anilines is 1. The van der Waals surface area contributed by atoms with Crippen LogP contribution in [0.3, 0.4) is 0 Å². The first-order valence-electron chi connectivity index (χ1n) is 6.95. The summed E-state index contributed by atoms with van der Waals surface area (Å²) < 4.78 is 1.58. The fourth-order valence-corrected chi connectivity index (χ4v) is 2.46. The van der Waals surface area contributed by atoms with Crippen LogP contribution in [0.5, 0.6) is 0 Å². The minimum Gasteiger partial charge on any atom is -0.478 e. The lowest BCUT2D eigenvalue weighted by molar-refractivity contribution is 0.0697. The summed E-state index contributed by atoms with van der Waals surface area (Å²) in [7, 11) is 2.14. The van der Waals surface area contributed by atoms with E-state index in [2.05, 4.69) is 34.1 Å². The first-order valence-corrected chi connectivity index (χ1v) is 6.95. The molecule has 0 bridgehead atoms. The second kappa shape index (κ2) is 5.57. The number of carboxylic acid groups (broad SMARTS) is 1. The van der Waals surface area contributed by atoms with Crippen LogP contribution < -0.4 is 4.90 Å². The van der Waals surface area contributed by atoms with Crippen molar-refractivity contribution in [2.45, 2.75) is 0 Å². The van der Waals surface area contributed by atoms with Gasteiger partial charge in [-0.2, -0.15) is 5.10 Å². The average molecular weight is 286 g/mol. The van der Waals surface area contributed by atoms with E-state index in [1.165, 1.54) is 18.1 Å². The molecule has 1 fully saturated rings. The third-order valence-corrected chi connectivity index (χ3v) is 3.81. The molecule has 2 heterocycles. The Balaban J connectivity index is 1.75. The Bertz CT molecular complexity index is 627. The number of nitrogens with zero attached hydrogens (tertiary/aromatic N) is 4. The molecule has 0 spiro atoms. The van der Waals surface area contributed by atoms with Crippen LogP contribution in [-0.2, 0) is 0 Å². The van der Waals surface area contributed by atoms with Crippen molar-refractivity contribution < 1.29 is 9.90 Å². The zero-order valence-corrected chi connectivity index (χ0v) is 11.9. The molecular weight excluding hydrogens is 268 g/mol. The molecule has 1 saturated heterocycles. The van der Waals surface area contributed by atoms with Crippen LogP contribution in [0.15, 0.2) is 36.7 Å². The van der Waals surface area contributed by atoms with Gasteiger partial charge in [0.25, 0.3) is 0 Å². The van der Waals surface area contributed by atoms with Gasteiger partial charge in [0.1, 0.15) is 0 Å². The fraction of sp³-hybridized carbons (Fsp3) is 0.333. The third kappa shape index (κ3) is 2.90. The number of piperazine rings is 1. The van der Waals surface area contributed by atoms with E-state index in [0.717, 1.165) is 31.9 Å². The lowest BCUT2D eigenvalue weighted by Crippen LogP contribution is -2.44. The van der Waals surface area contributed by atoms with Crippen LogP contribution in [0, 0.1) is 0 Å². The monoisotopic (exact) mass is 286 g/mol. The van der Waals surface area contributed by atoms with Crippen molar-refractivity contribution in [3.63, 3.8) is 0 Å². The summed E-state index contributed by atoms with van der Waals surface area (Å²) in [5, 5.41) is 13.0. The van der Waals surface area contributed by atoms with Crippen LogP contribution in [-0.4, -0.2) is 59.0 Å². The number of aromatic nitrogens is 2. The standard InChI is InChI=1S/C15H18N4O2/c1-17-6-8-18(9-7-17)13-2-4-14(5-3-13)19-11-12(10-16-19)15(20)21/h2-5,10-11H,6-9H2,1H3,(H,20,21). The van der Waals surface area contributed by atoms with E-state index in [1.807, 2.05) is 12.1 Å². The Kier molecular flexibility index (Phi) is 3.62. The number of carbonyl (C=O) groups is 1. The highest BCUT2D eigenvalue weighted by Gasteiger charge is 2.14. The number of rotatable bonds is 3. The Morgan fingerprint density at radius 3 is 2.29 bits per heavy atom. The van der Waals surface area contributed by atoms with E-state index in [-0.39, 0.29) is 5.56 Å². The van der Waals surface area contributed by atoms with E-state index >= 15 is 0 Å². The fourth-order valence-electron chi connectivity index (χ4n) is 2.46. The number of likely N-dealkylation sites (N-methyl/N-ethyl adjacent to an activating group) is 1. The predicted octanol–water partition coefficient (Wildman–Crippen LogP) is 1.32. The maximum absolute atomic E-state index is 10.9. The molecule has 1 aromatic carbocycles. The summed E-state index contributed by atoms with van der Waals surface area (Å²) >= 11 is 0. The highest BCUT2D eigenvalue weighted by atomic mass is 16.4. The predicted molar refractivity (Wildman–Crippen MR) is 80.2 cm³/mol. The van der Waals surface area contributed by atoms with Gasteiger partial charge in [0.05, 0.1) is 17.4 Å². The van der Waals surface area contributed by atoms with Crippen molar-refractivity contribution in [2.75, 3.05) is 38.1 Å². The Labute approximate surface area is 123 Å². The Morgan fingerprint density at radius 2 is 1.71 bits per heavy atom. The first kappa shape index (κ1) is 13.6. The summed E-state index contributed by atoms with van der Waals surface area (Å²) in [6, 6.07) is 8.05. The van der Waals surface area contributed by atoms with Crippen molar-refractivity contribution >= 4 is 11.7 Å². The van der Waals surface area contributed by atoms with Gasteiger partial charge in [0.2, 0.25) is 0 Å². The summed E-state index contributed by atoms with van der Waals surface area (Å²) in [4.78, 5) is 15.5. The molecule has 1 N–H and O–H groups in total. The van der Waals surface area contributed by atoms with Gasteiger partial charge in [-0.05, 0) is 31.3 Å². The highest BCUT2D eigenvalue weighted by molar-refractivity contribution is 5.86. The van der Waals surface area contributed by atoms with Gasteiger partial charge in [0.15, 0.2) is 0 Å². The van der Waals surface area contributed by atoms with Crippen LogP contribution in [0.4, 0.5) is 5.69 Å². The zero-order valence-electron chi connectivity index (χ0n) is 11.9. The summed E-state index contributed by atoms with van der Waals surface area (Å²) in [5.41, 5.74) is 2.25. The largest absolute Gasteiger partial charge is 0.478 e. The van der Waals surface area contributed by atoms with Gasteiger partial charge in [-0.1, -0.05) is 0 Å². The number of hydrogen-bond acceptors (Lipinski definition) is 4. The zero-order chi connectivity index (χ0) is 14.8. The second-order valence-corrected chi connectivity index (χ2v) is 5.29. The van der Waals surface area contributed by atoms with Crippen LogP contribution in [0.1, 0.15) is 10.4 Å². The summed E-state index contributed by atoms with van der Waals surface area (Å²) in [6.45, 7) is 4.20. The van der Waals surface area contributed by atoms with E-state index in [0.29, 0.717) is 0 Å². The lowest BCUT2D eigenvalue weighted by atomic mass is 10.2. The van der Waals surface area contributed by atoms with E-state index in [9.17, 15) is 4.79 Å². The van der Waals surface area contributed by atoms with Crippen LogP contribution in [0.25, 0.3) is 5.69 Å². The number of carboxylic acids is 1. The molecule has 1 aromatic heterocycles. The van der Waals surface area contributed by atoms with Gasteiger partial charge >= 0.3 is 5.97 Å². The molecule has 0 amide bonds. The molecule has 0 saturated carbocycles.